The third-order valence-electron chi connectivity index (χ3n) is 6.12. The molecular weight excluding hydrogens is 228 g/mol. The lowest BCUT2D eigenvalue weighted by atomic mass is 9.48. The van der Waals surface area contributed by atoms with Gasteiger partial charge in [-0.05, 0) is 57.4 Å². The molecule has 0 aromatic heterocycles. The van der Waals surface area contributed by atoms with Crippen molar-refractivity contribution in [2.75, 3.05) is 0 Å². The summed E-state index contributed by atoms with van der Waals surface area (Å²) >= 11 is 0. The predicted octanol–water partition coefficient (Wildman–Crippen LogP) is 2.74. The molecule has 2 saturated carbocycles. The zero-order valence-electron chi connectivity index (χ0n) is 11.4. The van der Waals surface area contributed by atoms with Crippen molar-refractivity contribution in [2.45, 2.75) is 58.5 Å². The summed E-state index contributed by atoms with van der Waals surface area (Å²) in [6.45, 7) is 6.03. The summed E-state index contributed by atoms with van der Waals surface area (Å²) in [5.74, 6) is -0.321. The Bertz CT molecular complexity index is 466. The smallest absolute Gasteiger partial charge is 0.309 e. The van der Waals surface area contributed by atoms with Gasteiger partial charge in [-0.2, -0.15) is 0 Å². The Morgan fingerprint density at radius 1 is 1.28 bits per heavy atom. The normalized spacial score (nSPS) is 50.6. The highest BCUT2D eigenvalue weighted by atomic mass is 16.4. The number of carboxylic acids is 1. The molecule has 3 rings (SSSR count). The first-order valence-electron chi connectivity index (χ1n) is 6.88. The van der Waals surface area contributed by atoms with E-state index in [-0.39, 0.29) is 5.41 Å². The van der Waals surface area contributed by atoms with Gasteiger partial charge in [-0.25, -0.2) is 0 Å². The van der Waals surface area contributed by atoms with Gasteiger partial charge in [0.05, 0.1) is 11.0 Å². The molecule has 3 aliphatic carbocycles. The van der Waals surface area contributed by atoms with E-state index >= 15 is 0 Å². The molecule has 0 unspecified atom stereocenters. The molecule has 0 saturated heterocycles. The van der Waals surface area contributed by atoms with Gasteiger partial charge in [0.15, 0.2) is 0 Å². The molecule has 0 radical (unpaired) electrons. The Labute approximate surface area is 108 Å². The minimum absolute atomic E-state index is 0.0188. The predicted molar refractivity (Wildman–Crippen MR) is 68.1 cm³/mol. The van der Waals surface area contributed by atoms with Gasteiger partial charge in [0.1, 0.15) is 0 Å². The molecule has 0 amide bonds. The van der Waals surface area contributed by atoms with E-state index in [1.54, 1.807) is 0 Å². The highest BCUT2D eigenvalue weighted by Gasteiger charge is 2.62. The van der Waals surface area contributed by atoms with Crippen LogP contribution in [0.4, 0.5) is 0 Å². The molecule has 4 atom stereocenters. The molecule has 3 nitrogen and oxygen atoms in total. The maximum absolute atomic E-state index is 11.4. The lowest BCUT2D eigenvalue weighted by Gasteiger charge is -2.59. The van der Waals surface area contributed by atoms with Crippen LogP contribution in [0.1, 0.15) is 52.9 Å². The SMILES string of the molecule is CC1=C2C[C@@](C)(C(=O)O)C[C@H]2C[C@]2(C)CC[C@]12O. The lowest BCUT2D eigenvalue weighted by molar-refractivity contribution is -0.150. The van der Waals surface area contributed by atoms with E-state index < -0.39 is 17.0 Å². The minimum atomic E-state index is -0.693. The summed E-state index contributed by atoms with van der Waals surface area (Å²) in [5, 5.41) is 20.2. The fourth-order valence-corrected chi connectivity index (χ4v) is 4.61. The number of rotatable bonds is 1. The highest BCUT2D eigenvalue weighted by molar-refractivity contribution is 5.75. The number of carboxylic acid groups (broad SMARTS) is 1. The van der Waals surface area contributed by atoms with E-state index in [4.69, 9.17) is 0 Å². The van der Waals surface area contributed by atoms with E-state index in [0.717, 1.165) is 31.3 Å². The van der Waals surface area contributed by atoms with Gasteiger partial charge < -0.3 is 10.2 Å². The van der Waals surface area contributed by atoms with Crippen molar-refractivity contribution in [1.82, 2.24) is 0 Å². The Kier molecular flexibility index (Phi) is 2.16. The number of fused-ring (bicyclic) bond motifs is 2. The Morgan fingerprint density at radius 3 is 2.44 bits per heavy atom. The third-order valence-corrected chi connectivity index (χ3v) is 6.12. The average molecular weight is 250 g/mol. The Hall–Kier alpha value is -0.830. The molecule has 0 bridgehead atoms. The average Bonchev–Trinajstić information content (AvgIpc) is 2.63. The largest absolute Gasteiger partial charge is 0.481 e. The van der Waals surface area contributed by atoms with Gasteiger partial charge in [0.25, 0.3) is 0 Å². The van der Waals surface area contributed by atoms with Gasteiger partial charge in [0, 0.05) is 5.41 Å². The summed E-state index contributed by atoms with van der Waals surface area (Å²) in [6, 6.07) is 0. The molecule has 3 aliphatic rings. The van der Waals surface area contributed by atoms with E-state index in [1.807, 2.05) is 13.8 Å². The molecule has 0 aliphatic heterocycles. The van der Waals surface area contributed by atoms with Crippen LogP contribution in [0, 0.1) is 16.7 Å². The minimum Gasteiger partial charge on any atom is -0.481 e. The van der Waals surface area contributed by atoms with Crippen molar-refractivity contribution in [3.8, 4) is 0 Å². The number of carbonyl (C=O) groups is 1. The molecule has 3 heteroatoms. The summed E-state index contributed by atoms with van der Waals surface area (Å²) in [6.07, 6.45) is 4.22. The van der Waals surface area contributed by atoms with Crippen molar-refractivity contribution in [3.63, 3.8) is 0 Å². The van der Waals surface area contributed by atoms with Crippen molar-refractivity contribution >= 4 is 5.97 Å². The molecular formula is C15H22O3. The van der Waals surface area contributed by atoms with E-state index in [2.05, 4.69) is 6.92 Å². The fourth-order valence-electron chi connectivity index (χ4n) is 4.61. The Morgan fingerprint density at radius 2 is 1.94 bits per heavy atom. The van der Waals surface area contributed by atoms with Crippen molar-refractivity contribution in [2.24, 2.45) is 16.7 Å². The monoisotopic (exact) mass is 250 g/mol. The van der Waals surface area contributed by atoms with Crippen LogP contribution in [0.25, 0.3) is 0 Å². The number of hydrogen-bond donors (Lipinski definition) is 2. The van der Waals surface area contributed by atoms with Crippen molar-refractivity contribution < 1.29 is 15.0 Å². The van der Waals surface area contributed by atoms with Crippen LogP contribution < -0.4 is 0 Å². The van der Waals surface area contributed by atoms with E-state index in [9.17, 15) is 15.0 Å². The zero-order chi connectivity index (χ0) is 13.3. The van der Waals surface area contributed by atoms with Gasteiger partial charge in [-0.15, -0.1) is 0 Å². The van der Waals surface area contributed by atoms with Gasteiger partial charge in [-0.3, -0.25) is 4.79 Å². The second-order valence-corrected chi connectivity index (χ2v) is 7.22. The number of aliphatic carboxylic acids is 1. The van der Waals surface area contributed by atoms with Crippen LogP contribution in [0.3, 0.4) is 0 Å². The van der Waals surface area contributed by atoms with Crippen LogP contribution in [0.5, 0.6) is 0 Å². The van der Waals surface area contributed by atoms with Crippen molar-refractivity contribution in [3.05, 3.63) is 11.1 Å². The maximum Gasteiger partial charge on any atom is 0.309 e. The first kappa shape index (κ1) is 12.2. The maximum atomic E-state index is 11.4. The molecule has 18 heavy (non-hydrogen) atoms. The summed E-state index contributed by atoms with van der Waals surface area (Å²) in [4.78, 5) is 11.4. The fraction of sp³-hybridized carbons (Fsp3) is 0.800. The number of aliphatic hydroxyl groups is 1. The second-order valence-electron chi connectivity index (χ2n) is 7.22. The standard InChI is InChI=1S/C15H22O3/c1-9-11-8-13(2,12(16)17)6-10(11)7-14(3)4-5-15(9,14)18/h10,18H,4-8H2,1-3H3,(H,16,17)/t10-,13-,14-,15-/m0/s1. The summed E-state index contributed by atoms with van der Waals surface area (Å²) in [5.41, 5.74) is 1.02. The van der Waals surface area contributed by atoms with Crippen molar-refractivity contribution in [1.29, 1.82) is 0 Å². The molecule has 0 spiro atoms. The number of allylic oxidation sites excluding steroid dienone is 1. The molecule has 0 aromatic carbocycles. The van der Waals surface area contributed by atoms with E-state index in [0.29, 0.717) is 12.3 Å². The molecule has 2 fully saturated rings. The molecule has 100 valence electrons. The Balaban J connectivity index is 2.03. The van der Waals surface area contributed by atoms with Crippen LogP contribution >= 0.6 is 0 Å². The molecule has 2 N–H and O–H groups in total. The molecule has 0 aromatic rings. The first-order valence-corrected chi connectivity index (χ1v) is 6.88. The highest BCUT2D eigenvalue weighted by Crippen LogP contribution is 2.65. The van der Waals surface area contributed by atoms with Gasteiger partial charge >= 0.3 is 5.97 Å². The van der Waals surface area contributed by atoms with Crippen LogP contribution in [0.15, 0.2) is 11.1 Å². The lowest BCUT2D eigenvalue weighted by Crippen LogP contribution is -2.59. The first-order chi connectivity index (χ1) is 8.22. The van der Waals surface area contributed by atoms with Crippen LogP contribution in [-0.2, 0) is 4.79 Å². The van der Waals surface area contributed by atoms with E-state index in [1.165, 1.54) is 5.57 Å². The topological polar surface area (TPSA) is 57.5 Å². The second kappa shape index (κ2) is 3.19. The summed E-state index contributed by atoms with van der Waals surface area (Å²) < 4.78 is 0. The van der Waals surface area contributed by atoms with Crippen LogP contribution in [-0.4, -0.2) is 21.8 Å². The molecule has 0 heterocycles. The third kappa shape index (κ3) is 1.21. The van der Waals surface area contributed by atoms with Gasteiger partial charge in [-0.1, -0.05) is 12.5 Å². The van der Waals surface area contributed by atoms with Gasteiger partial charge in [0.2, 0.25) is 0 Å². The number of hydrogen-bond acceptors (Lipinski definition) is 2. The van der Waals surface area contributed by atoms with Crippen LogP contribution in [0.2, 0.25) is 0 Å². The zero-order valence-corrected chi connectivity index (χ0v) is 11.4. The summed E-state index contributed by atoms with van der Waals surface area (Å²) in [7, 11) is 0. The quantitative estimate of drug-likeness (QED) is 0.703.